The maximum atomic E-state index is 11.4. The normalized spacial score (nSPS) is 11.8. The number of carbonyl (C=O) groups excluding carboxylic acids is 1. The van der Waals surface area contributed by atoms with Gasteiger partial charge in [-0.05, 0) is 39.3 Å². The SMILES string of the molecule is Cc1cccc(/C=C/C(=O)OC(C)(C)C)c1. The van der Waals surface area contributed by atoms with Crippen LogP contribution in [0.5, 0.6) is 0 Å². The van der Waals surface area contributed by atoms with Gasteiger partial charge in [0, 0.05) is 6.08 Å². The molecule has 2 heteroatoms. The first-order valence-electron chi connectivity index (χ1n) is 5.34. The largest absolute Gasteiger partial charge is 0.457 e. The van der Waals surface area contributed by atoms with Crippen molar-refractivity contribution in [2.45, 2.75) is 33.3 Å². The summed E-state index contributed by atoms with van der Waals surface area (Å²) in [5, 5.41) is 0. The Kier molecular flexibility index (Phi) is 3.88. The lowest BCUT2D eigenvalue weighted by Crippen LogP contribution is -2.22. The minimum atomic E-state index is -0.436. The third-order valence-electron chi connectivity index (χ3n) is 1.86. The number of benzene rings is 1. The molecule has 16 heavy (non-hydrogen) atoms. The summed E-state index contributed by atoms with van der Waals surface area (Å²) >= 11 is 0. The Labute approximate surface area is 96.9 Å². The van der Waals surface area contributed by atoms with Crippen molar-refractivity contribution in [3.05, 3.63) is 41.5 Å². The number of esters is 1. The van der Waals surface area contributed by atoms with E-state index in [1.54, 1.807) is 6.08 Å². The van der Waals surface area contributed by atoms with Crippen molar-refractivity contribution < 1.29 is 9.53 Å². The van der Waals surface area contributed by atoms with Gasteiger partial charge in [-0.3, -0.25) is 0 Å². The molecule has 0 N–H and O–H groups in total. The molecule has 0 amide bonds. The molecule has 0 saturated heterocycles. The van der Waals surface area contributed by atoms with Gasteiger partial charge in [0.1, 0.15) is 5.60 Å². The summed E-state index contributed by atoms with van der Waals surface area (Å²) in [6.45, 7) is 7.58. The molecule has 0 aromatic heterocycles. The van der Waals surface area contributed by atoms with Gasteiger partial charge in [-0.25, -0.2) is 4.79 Å². The van der Waals surface area contributed by atoms with Crippen LogP contribution >= 0.6 is 0 Å². The number of aryl methyl sites for hydroxylation is 1. The molecular formula is C14H18O2. The van der Waals surface area contributed by atoms with Crippen LogP contribution in [-0.4, -0.2) is 11.6 Å². The lowest BCUT2D eigenvalue weighted by molar-refractivity contribution is -0.148. The fourth-order valence-electron chi connectivity index (χ4n) is 1.27. The first-order chi connectivity index (χ1) is 7.37. The topological polar surface area (TPSA) is 26.3 Å². The lowest BCUT2D eigenvalue weighted by atomic mass is 10.1. The van der Waals surface area contributed by atoms with Crippen LogP contribution in [-0.2, 0) is 9.53 Å². The Hall–Kier alpha value is -1.57. The highest BCUT2D eigenvalue weighted by Gasteiger charge is 2.13. The molecule has 1 aromatic rings. The van der Waals surface area contributed by atoms with E-state index in [1.807, 2.05) is 52.0 Å². The fourth-order valence-corrected chi connectivity index (χ4v) is 1.27. The Morgan fingerprint density at radius 3 is 2.56 bits per heavy atom. The van der Waals surface area contributed by atoms with E-state index in [9.17, 15) is 4.79 Å². The van der Waals surface area contributed by atoms with Gasteiger partial charge < -0.3 is 4.74 Å². The van der Waals surface area contributed by atoms with Crippen LogP contribution in [0.1, 0.15) is 31.9 Å². The molecule has 0 radical (unpaired) electrons. The predicted octanol–water partition coefficient (Wildman–Crippen LogP) is 3.35. The number of carbonyl (C=O) groups is 1. The first kappa shape index (κ1) is 12.5. The lowest BCUT2D eigenvalue weighted by Gasteiger charge is -2.17. The van der Waals surface area contributed by atoms with E-state index in [-0.39, 0.29) is 5.97 Å². The number of ether oxygens (including phenoxy) is 1. The van der Waals surface area contributed by atoms with Gasteiger partial charge in [-0.2, -0.15) is 0 Å². The molecule has 0 heterocycles. The van der Waals surface area contributed by atoms with Crippen molar-refractivity contribution in [3.8, 4) is 0 Å². The Balaban J connectivity index is 2.64. The van der Waals surface area contributed by atoms with E-state index in [1.165, 1.54) is 11.6 Å². The molecule has 0 aliphatic rings. The van der Waals surface area contributed by atoms with Gasteiger partial charge in [-0.15, -0.1) is 0 Å². The van der Waals surface area contributed by atoms with Gasteiger partial charge in [0.25, 0.3) is 0 Å². The van der Waals surface area contributed by atoms with Gasteiger partial charge in [-0.1, -0.05) is 29.8 Å². The van der Waals surface area contributed by atoms with Crippen LogP contribution in [0.4, 0.5) is 0 Å². The van der Waals surface area contributed by atoms with Crippen LogP contribution in [0.25, 0.3) is 6.08 Å². The van der Waals surface area contributed by atoms with Crippen molar-refractivity contribution in [3.63, 3.8) is 0 Å². The van der Waals surface area contributed by atoms with Crippen molar-refractivity contribution in [2.24, 2.45) is 0 Å². The van der Waals surface area contributed by atoms with E-state index in [0.717, 1.165) is 5.56 Å². The standard InChI is InChI=1S/C14H18O2/c1-11-6-5-7-12(10-11)8-9-13(15)16-14(2,3)4/h5-10H,1-4H3/b9-8+. The maximum absolute atomic E-state index is 11.4. The number of hydrogen-bond acceptors (Lipinski definition) is 2. The monoisotopic (exact) mass is 218 g/mol. The quantitative estimate of drug-likeness (QED) is 0.562. The van der Waals surface area contributed by atoms with Crippen molar-refractivity contribution in [2.75, 3.05) is 0 Å². The summed E-state index contributed by atoms with van der Waals surface area (Å²) in [5.41, 5.74) is 1.74. The average molecular weight is 218 g/mol. The second kappa shape index (κ2) is 4.97. The van der Waals surface area contributed by atoms with E-state index < -0.39 is 5.60 Å². The van der Waals surface area contributed by atoms with Crippen molar-refractivity contribution >= 4 is 12.0 Å². The summed E-state index contributed by atoms with van der Waals surface area (Å²) in [6, 6.07) is 7.95. The van der Waals surface area contributed by atoms with Crippen LogP contribution in [0, 0.1) is 6.92 Å². The molecule has 0 bridgehead atoms. The highest BCUT2D eigenvalue weighted by Crippen LogP contribution is 2.09. The summed E-state index contributed by atoms with van der Waals surface area (Å²) in [6.07, 6.45) is 3.22. The van der Waals surface area contributed by atoms with E-state index >= 15 is 0 Å². The highest BCUT2D eigenvalue weighted by atomic mass is 16.6. The van der Waals surface area contributed by atoms with E-state index in [4.69, 9.17) is 4.74 Å². The maximum Gasteiger partial charge on any atom is 0.331 e. The minimum absolute atomic E-state index is 0.311. The molecule has 0 fully saturated rings. The van der Waals surface area contributed by atoms with Crippen molar-refractivity contribution in [1.29, 1.82) is 0 Å². The third kappa shape index (κ3) is 4.78. The summed E-state index contributed by atoms with van der Waals surface area (Å²) in [5.74, 6) is -0.311. The molecule has 0 atom stereocenters. The van der Waals surface area contributed by atoms with Crippen LogP contribution in [0.3, 0.4) is 0 Å². The fraction of sp³-hybridized carbons (Fsp3) is 0.357. The molecular weight excluding hydrogens is 200 g/mol. The zero-order chi connectivity index (χ0) is 12.2. The minimum Gasteiger partial charge on any atom is -0.457 e. The van der Waals surface area contributed by atoms with Crippen LogP contribution in [0.2, 0.25) is 0 Å². The average Bonchev–Trinajstić information content (AvgIpc) is 2.12. The molecule has 2 nitrogen and oxygen atoms in total. The Morgan fingerprint density at radius 1 is 1.31 bits per heavy atom. The summed E-state index contributed by atoms with van der Waals surface area (Å²) in [4.78, 5) is 11.4. The Bertz CT molecular complexity index is 397. The summed E-state index contributed by atoms with van der Waals surface area (Å²) < 4.78 is 5.16. The first-order valence-corrected chi connectivity index (χ1v) is 5.34. The highest BCUT2D eigenvalue weighted by molar-refractivity contribution is 5.87. The number of hydrogen-bond donors (Lipinski definition) is 0. The van der Waals surface area contributed by atoms with Gasteiger partial charge >= 0.3 is 5.97 Å². The van der Waals surface area contributed by atoms with Crippen LogP contribution in [0.15, 0.2) is 30.3 Å². The molecule has 86 valence electrons. The second-order valence-electron chi connectivity index (χ2n) is 4.78. The predicted molar refractivity (Wildman–Crippen MR) is 66.1 cm³/mol. The second-order valence-corrected chi connectivity index (χ2v) is 4.78. The third-order valence-corrected chi connectivity index (χ3v) is 1.86. The zero-order valence-corrected chi connectivity index (χ0v) is 10.3. The van der Waals surface area contributed by atoms with E-state index in [2.05, 4.69) is 0 Å². The number of rotatable bonds is 2. The molecule has 1 aromatic carbocycles. The molecule has 1 rings (SSSR count). The molecule has 0 saturated carbocycles. The Morgan fingerprint density at radius 2 is 2.00 bits per heavy atom. The molecule has 0 spiro atoms. The molecule has 0 aliphatic heterocycles. The van der Waals surface area contributed by atoms with Gasteiger partial charge in [0.05, 0.1) is 0 Å². The van der Waals surface area contributed by atoms with Gasteiger partial charge in [0.2, 0.25) is 0 Å². The van der Waals surface area contributed by atoms with E-state index in [0.29, 0.717) is 0 Å². The zero-order valence-electron chi connectivity index (χ0n) is 10.3. The molecule has 0 aliphatic carbocycles. The van der Waals surface area contributed by atoms with Crippen LogP contribution < -0.4 is 0 Å². The summed E-state index contributed by atoms with van der Waals surface area (Å²) in [7, 11) is 0. The smallest absolute Gasteiger partial charge is 0.331 e. The van der Waals surface area contributed by atoms with Gasteiger partial charge in [0.15, 0.2) is 0 Å². The van der Waals surface area contributed by atoms with Crippen molar-refractivity contribution in [1.82, 2.24) is 0 Å². The molecule has 0 unspecified atom stereocenters.